The van der Waals surface area contributed by atoms with Gasteiger partial charge in [-0.1, -0.05) is 11.6 Å². The van der Waals surface area contributed by atoms with E-state index in [2.05, 4.69) is 0 Å². The van der Waals surface area contributed by atoms with Crippen LogP contribution in [0.2, 0.25) is 5.02 Å². The Balaban J connectivity index is 2.45. The quantitative estimate of drug-likeness (QED) is 0.691. The maximum Gasteiger partial charge on any atom is 0.193 e. The van der Waals surface area contributed by atoms with Crippen molar-refractivity contribution in [3.63, 3.8) is 0 Å². The fourth-order valence-electron chi connectivity index (χ4n) is 2.24. The van der Waals surface area contributed by atoms with E-state index in [1.807, 2.05) is 26.0 Å². The topological polar surface area (TPSA) is 52.3 Å². The van der Waals surface area contributed by atoms with Crippen LogP contribution in [0, 0.1) is 13.8 Å². The Morgan fingerprint density at radius 2 is 1.70 bits per heavy atom. The van der Waals surface area contributed by atoms with Gasteiger partial charge < -0.3 is 10.5 Å². The number of methoxy groups -OCH3 is 1. The standard InChI is InChI=1S/C16H16ClNO2/c1-9-6-12(7-10(2)16(9)20-3)15(19)11-4-5-14(18)13(17)8-11/h4-8H,18H2,1-3H3. The van der Waals surface area contributed by atoms with Crippen LogP contribution in [0.25, 0.3) is 0 Å². The van der Waals surface area contributed by atoms with Gasteiger partial charge in [-0.2, -0.15) is 0 Å². The molecule has 0 unspecified atom stereocenters. The van der Waals surface area contributed by atoms with Gasteiger partial charge in [0.1, 0.15) is 5.75 Å². The molecule has 2 aromatic carbocycles. The van der Waals surface area contributed by atoms with Crippen molar-refractivity contribution in [1.29, 1.82) is 0 Å². The lowest BCUT2D eigenvalue weighted by Gasteiger charge is -2.11. The van der Waals surface area contributed by atoms with E-state index >= 15 is 0 Å². The molecule has 0 heterocycles. The van der Waals surface area contributed by atoms with Crippen molar-refractivity contribution in [2.75, 3.05) is 12.8 Å². The molecule has 0 saturated heterocycles. The zero-order chi connectivity index (χ0) is 14.9. The third-order valence-electron chi connectivity index (χ3n) is 3.19. The molecular weight excluding hydrogens is 274 g/mol. The third-order valence-corrected chi connectivity index (χ3v) is 3.52. The zero-order valence-electron chi connectivity index (χ0n) is 11.7. The van der Waals surface area contributed by atoms with Crippen LogP contribution >= 0.6 is 11.6 Å². The summed E-state index contributed by atoms with van der Waals surface area (Å²) in [6, 6.07) is 8.54. The van der Waals surface area contributed by atoms with Gasteiger partial charge in [-0.3, -0.25) is 4.79 Å². The van der Waals surface area contributed by atoms with Crippen LogP contribution in [-0.2, 0) is 0 Å². The van der Waals surface area contributed by atoms with E-state index < -0.39 is 0 Å². The molecule has 0 aromatic heterocycles. The Morgan fingerprint density at radius 1 is 1.10 bits per heavy atom. The number of nitrogens with two attached hydrogens (primary N) is 1. The fourth-order valence-corrected chi connectivity index (χ4v) is 2.42. The summed E-state index contributed by atoms with van der Waals surface area (Å²) < 4.78 is 5.30. The van der Waals surface area contributed by atoms with Crippen molar-refractivity contribution < 1.29 is 9.53 Å². The van der Waals surface area contributed by atoms with E-state index in [0.29, 0.717) is 21.8 Å². The highest BCUT2D eigenvalue weighted by atomic mass is 35.5. The molecule has 0 aliphatic rings. The molecule has 104 valence electrons. The summed E-state index contributed by atoms with van der Waals surface area (Å²) in [4.78, 5) is 12.5. The van der Waals surface area contributed by atoms with Gasteiger partial charge in [-0.15, -0.1) is 0 Å². The molecule has 2 rings (SSSR count). The van der Waals surface area contributed by atoms with Crippen molar-refractivity contribution in [3.05, 3.63) is 57.6 Å². The maximum absolute atomic E-state index is 12.5. The molecule has 4 heteroatoms. The number of carbonyl (C=O) groups excluding carboxylic acids is 1. The number of rotatable bonds is 3. The lowest BCUT2D eigenvalue weighted by atomic mass is 9.98. The van der Waals surface area contributed by atoms with Crippen LogP contribution in [0.1, 0.15) is 27.0 Å². The summed E-state index contributed by atoms with van der Waals surface area (Å²) in [6.45, 7) is 3.83. The number of benzene rings is 2. The molecule has 0 spiro atoms. The Hall–Kier alpha value is -2.00. The molecule has 3 nitrogen and oxygen atoms in total. The van der Waals surface area contributed by atoms with Gasteiger partial charge in [-0.25, -0.2) is 0 Å². The first-order chi connectivity index (χ1) is 9.43. The van der Waals surface area contributed by atoms with Crippen molar-refractivity contribution >= 4 is 23.1 Å². The number of anilines is 1. The third kappa shape index (κ3) is 2.63. The van der Waals surface area contributed by atoms with Gasteiger partial charge >= 0.3 is 0 Å². The average Bonchev–Trinajstić information content (AvgIpc) is 2.40. The highest BCUT2D eigenvalue weighted by Crippen LogP contribution is 2.27. The van der Waals surface area contributed by atoms with Gasteiger partial charge in [0.2, 0.25) is 0 Å². The molecule has 2 N–H and O–H groups in total. The SMILES string of the molecule is COc1c(C)cc(C(=O)c2ccc(N)c(Cl)c2)cc1C. The summed E-state index contributed by atoms with van der Waals surface area (Å²) >= 11 is 5.96. The number of ketones is 1. The molecule has 2 aromatic rings. The Morgan fingerprint density at radius 3 is 2.20 bits per heavy atom. The van der Waals surface area contributed by atoms with Crippen LogP contribution in [0.5, 0.6) is 5.75 Å². The Labute approximate surface area is 123 Å². The van der Waals surface area contributed by atoms with Crippen LogP contribution in [0.3, 0.4) is 0 Å². The van der Waals surface area contributed by atoms with Crippen LogP contribution in [-0.4, -0.2) is 12.9 Å². The molecule has 0 bridgehead atoms. The number of hydrogen-bond donors (Lipinski definition) is 1. The summed E-state index contributed by atoms with van der Waals surface area (Å²) in [5.74, 6) is 0.720. The highest BCUT2D eigenvalue weighted by Gasteiger charge is 2.14. The molecule has 0 fully saturated rings. The Kier molecular flexibility index (Phi) is 4.00. The van der Waals surface area contributed by atoms with E-state index in [4.69, 9.17) is 22.1 Å². The fraction of sp³-hybridized carbons (Fsp3) is 0.188. The van der Waals surface area contributed by atoms with E-state index in [0.717, 1.165) is 16.9 Å². The Bertz CT molecular complexity index is 657. The van der Waals surface area contributed by atoms with Gasteiger partial charge in [0.15, 0.2) is 5.78 Å². The van der Waals surface area contributed by atoms with Crippen LogP contribution < -0.4 is 10.5 Å². The molecular formula is C16H16ClNO2. The second-order valence-electron chi connectivity index (χ2n) is 4.71. The molecule has 0 aliphatic carbocycles. The lowest BCUT2D eigenvalue weighted by molar-refractivity contribution is 0.103. The second-order valence-corrected chi connectivity index (χ2v) is 5.12. The van der Waals surface area contributed by atoms with Gasteiger partial charge in [-0.05, 0) is 55.3 Å². The monoisotopic (exact) mass is 289 g/mol. The van der Waals surface area contributed by atoms with Crippen LogP contribution in [0.4, 0.5) is 5.69 Å². The average molecular weight is 290 g/mol. The summed E-state index contributed by atoms with van der Waals surface area (Å²) in [7, 11) is 1.62. The minimum atomic E-state index is -0.0826. The number of nitrogen functional groups attached to an aromatic ring is 1. The summed E-state index contributed by atoms with van der Waals surface area (Å²) in [6.07, 6.45) is 0. The number of halogens is 1. The zero-order valence-corrected chi connectivity index (χ0v) is 12.4. The minimum Gasteiger partial charge on any atom is -0.496 e. The number of aryl methyl sites for hydroxylation is 2. The smallest absolute Gasteiger partial charge is 0.193 e. The molecule has 20 heavy (non-hydrogen) atoms. The number of carbonyl (C=O) groups is 1. The van der Waals surface area contributed by atoms with Crippen molar-refractivity contribution in [3.8, 4) is 5.75 Å². The van der Waals surface area contributed by atoms with Gasteiger partial charge in [0.25, 0.3) is 0 Å². The molecule has 0 aliphatic heterocycles. The number of ether oxygens (including phenoxy) is 1. The normalized spacial score (nSPS) is 10.4. The second kappa shape index (κ2) is 5.55. The van der Waals surface area contributed by atoms with E-state index in [1.54, 1.807) is 25.3 Å². The maximum atomic E-state index is 12.5. The largest absolute Gasteiger partial charge is 0.496 e. The minimum absolute atomic E-state index is 0.0826. The van der Waals surface area contributed by atoms with Crippen molar-refractivity contribution in [2.24, 2.45) is 0 Å². The van der Waals surface area contributed by atoms with E-state index in [9.17, 15) is 4.79 Å². The number of hydrogen-bond acceptors (Lipinski definition) is 3. The highest BCUT2D eigenvalue weighted by molar-refractivity contribution is 6.33. The first-order valence-electron chi connectivity index (χ1n) is 6.19. The first-order valence-corrected chi connectivity index (χ1v) is 6.56. The molecule has 0 saturated carbocycles. The summed E-state index contributed by atoms with van der Waals surface area (Å²) in [5.41, 5.74) is 9.11. The van der Waals surface area contributed by atoms with Gasteiger partial charge in [0.05, 0.1) is 17.8 Å². The predicted octanol–water partition coefficient (Wildman–Crippen LogP) is 3.78. The van der Waals surface area contributed by atoms with Crippen LogP contribution in [0.15, 0.2) is 30.3 Å². The van der Waals surface area contributed by atoms with E-state index in [-0.39, 0.29) is 5.78 Å². The van der Waals surface area contributed by atoms with E-state index in [1.165, 1.54) is 0 Å². The molecule has 0 radical (unpaired) electrons. The lowest BCUT2D eigenvalue weighted by Crippen LogP contribution is -2.04. The molecule has 0 atom stereocenters. The first kappa shape index (κ1) is 14.4. The van der Waals surface area contributed by atoms with Crippen molar-refractivity contribution in [1.82, 2.24) is 0 Å². The summed E-state index contributed by atoms with van der Waals surface area (Å²) in [5, 5.41) is 0.387. The molecule has 0 amide bonds. The predicted molar refractivity (Wildman–Crippen MR) is 81.8 cm³/mol. The van der Waals surface area contributed by atoms with Crippen molar-refractivity contribution in [2.45, 2.75) is 13.8 Å². The van der Waals surface area contributed by atoms with Gasteiger partial charge in [0, 0.05) is 11.1 Å².